The van der Waals surface area contributed by atoms with E-state index in [-0.39, 0.29) is 16.0 Å². The van der Waals surface area contributed by atoms with Crippen LogP contribution in [0.5, 0.6) is 0 Å². The Labute approximate surface area is 120 Å². The summed E-state index contributed by atoms with van der Waals surface area (Å²) in [5.74, 6) is 0. The molecular formula is C13H21ClN2O2S. The third kappa shape index (κ3) is 4.45. The number of halogens is 1. The van der Waals surface area contributed by atoms with Gasteiger partial charge < -0.3 is 0 Å². The molecule has 1 N–H and O–H groups in total. The minimum atomic E-state index is -3.54. The fourth-order valence-electron chi connectivity index (χ4n) is 1.95. The van der Waals surface area contributed by atoms with Crippen LogP contribution >= 0.6 is 11.6 Å². The first-order valence-electron chi connectivity index (χ1n) is 6.40. The van der Waals surface area contributed by atoms with E-state index < -0.39 is 10.0 Å². The SMILES string of the molecule is CCN(CC)C(C)CNS(=O)(=O)c1ccccc1Cl. The number of nitrogens with one attached hydrogen (secondary N) is 1. The summed E-state index contributed by atoms with van der Waals surface area (Å²) in [7, 11) is -3.54. The van der Waals surface area contributed by atoms with Crippen LogP contribution in [0.2, 0.25) is 5.02 Å². The summed E-state index contributed by atoms with van der Waals surface area (Å²) in [6.45, 7) is 8.28. The van der Waals surface area contributed by atoms with E-state index in [9.17, 15) is 8.42 Å². The quantitative estimate of drug-likeness (QED) is 0.841. The second-order valence-corrected chi connectivity index (χ2v) is 6.50. The molecule has 1 aromatic carbocycles. The van der Waals surface area contributed by atoms with Crippen LogP contribution < -0.4 is 4.72 Å². The molecule has 6 heteroatoms. The van der Waals surface area contributed by atoms with Crippen LogP contribution in [-0.4, -0.2) is 39.0 Å². The normalized spacial score (nSPS) is 13.7. The van der Waals surface area contributed by atoms with Gasteiger partial charge in [0.1, 0.15) is 4.90 Å². The predicted molar refractivity (Wildman–Crippen MR) is 79.0 cm³/mol. The molecule has 4 nitrogen and oxygen atoms in total. The first-order valence-corrected chi connectivity index (χ1v) is 8.26. The lowest BCUT2D eigenvalue weighted by Crippen LogP contribution is -2.41. The maximum atomic E-state index is 12.1. The Morgan fingerprint density at radius 2 is 1.84 bits per heavy atom. The maximum Gasteiger partial charge on any atom is 0.242 e. The molecule has 0 bridgehead atoms. The van der Waals surface area contributed by atoms with Gasteiger partial charge in [-0.2, -0.15) is 0 Å². The zero-order valence-corrected chi connectivity index (χ0v) is 13.1. The van der Waals surface area contributed by atoms with Crippen LogP contribution in [-0.2, 0) is 10.0 Å². The van der Waals surface area contributed by atoms with E-state index in [4.69, 9.17) is 11.6 Å². The summed E-state index contributed by atoms with van der Waals surface area (Å²) in [6.07, 6.45) is 0. The second-order valence-electron chi connectivity index (χ2n) is 4.35. The van der Waals surface area contributed by atoms with Gasteiger partial charge >= 0.3 is 0 Å². The van der Waals surface area contributed by atoms with Crippen molar-refractivity contribution in [3.8, 4) is 0 Å². The Hall–Kier alpha value is -0.620. The van der Waals surface area contributed by atoms with Gasteiger partial charge in [0.2, 0.25) is 10.0 Å². The third-order valence-corrected chi connectivity index (χ3v) is 5.05. The van der Waals surface area contributed by atoms with Crippen LogP contribution in [0, 0.1) is 0 Å². The van der Waals surface area contributed by atoms with E-state index >= 15 is 0 Å². The lowest BCUT2D eigenvalue weighted by Gasteiger charge is -2.26. The van der Waals surface area contributed by atoms with E-state index in [2.05, 4.69) is 23.5 Å². The zero-order chi connectivity index (χ0) is 14.5. The van der Waals surface area contributed by atoms with Gasteiger partial charge in [-0.05, 0) is 32.1 Å². The zero-order valence-electron chi connectivity index (χ0n) is 11.6. The lowest BCUT2D eigenvalue weighted by molar-refractivity contribution is 0.232. The van der Waals surface area contributed by atoms with Gasteiger partial charge in [-0.1, -0.05) is 37.6 Å². The Kier molecular flexibility index (Phi) is 6.26. The molecule has 108 valence electrons. The smallest absolute Gasteiger partial charge is 0.242 e. The van der Waals surface area contributed by atoms with Crippen molar-refractivity contribution in [2.24, 2.45) is 0 Å². The average Bonchev–Trinajstić information content (AvgIpc) is 2.38. The summed E-state index contributed by atoms with van der Waals surface area (Å²) in [5.41, 5.74) is 0. The summed E-state index contributed by atoms with van der Waals surface area (Å²) in [5, 5.41) is 0.241. The fourth-order valence-corrected chi connectivity index (χ4v) is 3.59. The third-order valence-electron chi connectivity index (χ3n) is 3.13. The van der Waals surface area contributed by atoms with Gasteiger partial charge in [0.15, 0.2) is 0 Å². The van der Waals surface area contributed by atoms with Crippen LogP contribution in [0.15, 0.2) is 29.2 Å². The summed E-state index contributed by atoms with van der Waals surface area (Å²) in [6, 6.07) is 6.59. The Bertz CT molecular complexity index is 501. The van der Waals surface area contributed by atoms with Crippen molar-refractivity contribution < 1.29 is 8.42 Å². The van der Waals surface area contributed by atoms with Crippen LogP contribution in [0.4, 0.5) is 0 Å². The lowest BCUT2D eigenvalue weighted by atomic mass is 10.3. The van der Waals surface area contributed by atoms with Gasteiger partial charge in [0.25, 0.3) is 0 Å². The van der Waals surface area contributed by atoms with E-state index in [0.29, 0.717) is 6.54 Å². The number of rotatable bonds is 7. The van der Waals surface area contributed by atoms with Crippen molar-refractivity contribution in [3.05, 3.63) is 29.3 Å². The van der Waals surface area contributed by atoms with E-state index in [1.807, 2.05) is 6.92 Å². The van der Waals surface area contributed by atoms with Crippen LogP contribution in [0.3, 0.4) is 0 Å². The molecule has 0 saturated heterocycles. The largest absolute Gasteiger partial charge is 0.300 e. The first-order chi connectivity index (χ1) is 8.92. The van der Waals surface area contributed by atoms with Gasteiger partial charge in [-0.3, -0.25) is 4.90 Å². The molecule has 0 fully saturated rings. The highest BCUT2D eigenvalue weighted by Gasteiger charge is 2.19. The number of benzene rings is 1. The number of hydrogen-bond acceptors (Lipinski definition) is 3. The molecule has 0 saturated carbocycles. The molecule has 0 radical (unpaired) electrons. The number of nitrogens with zero attached hydrogens (tertiary/aromatic N) is 1. The summed E-state index contributed by atoms with van der Waals surface area (Å²) >= 11 is 5.91. The molecule has 0 aliphatic heterocycles. The molecule has 1 rings (SSSR count). The molecule has 1 unspecified atom stereocenters. The van der Waals surface area contributed by atoms with Crippen molar-refractivity contribution in [3.63, 3.8) is 0 Å². The Morgan fingerprint density at radius 3 is 2.37 bits per heavy atom. The van der Waals surface area contributed by atoms with Gasteiger partial charge in [0, 0.05) is 12.6 Å². The molecule has 0 aromatic heterocycles. The molecule has 0 aliphatic carbocycles. The number of sulfonamides is 1. The van der Waals surface area contributed by atoms with E-state index in [1.54, 1.807) is 18.2 Å². The summed E-state index contributed by atoms with van der Waals surface area (Å²) in [4.78, 5) is 2.32. The minimum Gasteiger partial charge on any atom is -0.300 e. The fraction of sp³-hybridized carbons (Fsp3) is 0.538. The van der Waals surface area contributed by atoms with Gasteiger partial charge in [0.05, 0.1) is 5.02 Å². The highest BCUT2D eigenvalue weighted by molar-refractivity contribution is 7.89. The highest BCUT2D eigenvalue weighted by atomic mass is 35.5. The molecule has 0 amide bonds. The van der Waals surface area contributed by atoms with E-state index in [0.717, 1.165) is 13.1 Å². The Balaban J connectivity index is 2.74. The second kappa shape index (κ2) is 7.24. The molecule has 0 heterocycles. The van der Waals surface area contributed by atoms with Crippen LogP contribution in [0.25, 0.3) is 0 Å². The summed E-state index contributed by atoms with van der Waals surface area (Å²) < 4.78 is 26.9. The molecule has 0 aliphatic rings. The highest BCUT2D eigenvalue weighted by Crippen LogP contribution is 2.20. The monoisotopic (exact) mass is 304 g/mol. The molecule has 0 spiro atoms. The topological polar surface area (TPSA) is 49.4 Å². The molecule has 1 atom stereocenters. The van der Waals surface area contributed by atoms with Crippen molar-refractivity contribution in [1.82, 2.24) is 9.62 Å². The van der Waals surface area contributed by atoms with Gasteiger partial charge in [-0.25, -0.2) is 13.1 Å². The maximum absolute atomic E-state index is 12.1. The standard InChI is InChI=1S/C13H21ClN2O2S/c1-4-16(5-2)11(3)10-15-19(17,18)13-9-7-6-8-12(13)14/h6-9,11,15H,4-5,10H2,1-3H3. The predicted octanol–water partition coefficient (Wildman–Crippen LogP) is 2.35. The van der Waals surface area contributed by atoms with Crippen molar-refractivity contribution in [1.29, 1.82) is 0 Å². The Morgan fingerprint density at radius 1 is 1.26 bits per heavy atom. The first kappa shape index (κ1) is 16.4. The minimum absolute atomic E-state index is 0.128. The van der Waals surface area contributed by atoms with Crippen molar-refractivity contribution in [2.75, 3.05) is 19.6 Å². The number of hydrogen-bond donors (Lipinski definition) is 1. The van der Waals surface area contributed by atoms with Crippen LogP contribution in [0.1, 0.15) is 20.8 Å². The molecular weight excluding hydrogens is 284 g/mol. The number of likely N-dealkylation sites (N-methyl/N-ethyl adjacent to an activating group) is 1. The van der Waals surface area contributed by atoms with Gasteiger partial charge in [-0.15, -0.1) is 0 Å². The molecule has 1 aromatic rings. The molecule has 19 heavy (non-hydrogen) atoms. The average molecular weight is 305 g/mol. The van der Waals surface area contributed by atoms with Crippen molar-refractivity contribution >= 4 is 21.6 Å². The van der Waals surface area contributed by atoms with Crippen molar-refractivity contribution in [2.45, 2.75) is 31.7 Å². The van der Waals surface area contributed by atoms with E-state index in [1.165, 1.54) is 6.07 Å².